The van der Waals surface area contributed by atoms with E-state index in [9.17, 15) is 29.7 Å². The van der Waals surface area contributed by atoms with Gasteiger partial charge in [0.25, 0.3) is 0 Å². The van der Waals surface area contributed by atoms with Gasteiger partial charge in [-0.2, -0.15) is 0 Å². The second-order valence-electron chi connectivity index (χ2n) is 21.4. The van der Waals surface area contributed by atoms with Crippen molar-refractivity contribution in [2.24, 2.45) is 16.7 Å². The number of hydrogen-bond acceptors (Lipinski definition) is 14. The van der Waals surface area contributed by atoms with Gasteiger partial charge in [0.2, 0.25) is 0 Å². The lowest BCUT2D eigenvalue weighted by molar-refractivity contribution is -0.346. The second kappa shape index (κ2) is 17.3. The number of amides is 1. The Morgan fingerprint density at radius 3 is 2.02 bits per heavy atom. The first-order valence-electron chi connectivity index (χ1n) is 22.3. The molecule has 2 aromatic carbocycles. The number of hydrogen-bond donors (Lipinski definition) is 4. The molecule has 65 heavy (non-hydrogen) atoms. The summed E-state index contributed by atoms with van der Waals surface area (Å²) in [5, 5.41) is 40.6. The van der Waals surface area contributed by atoms with Gasteiger partial charge in [-0.05, 0) is 81.6 Å². The van der Waals surface area contributed by atoms with Crippen LogP contribution in [0.15, 0.2) is 71.8 Å². The predicted octanol–water partition coefficient (Wildman–Crippen LogP) is 6.29. The lowest BCUT2D eigenvalue weighted by Gasteiger charge is -2.67. The molecule has 1 amide bonds. The van der Waals surface area contributed by atoms with Gasteiger partial charge in [0.15, 0.2) is 25.8 Å². The van der Waals surface area contributed by atoms with Crippen molar-refractivity contribution in [1.29, 1.82) is 0 Å². The average Bonchev–Trinajstić information content (AvgIpc) is 3.20. The van der Waals surface area contributed by atoms with Crippen LogP contribution in [0.4, 0.5) is 4.79 Å². The number of benzene rings is 2. The minimum absolute atomic E-state index is 0.0106. The van der Waals surface area contributed by atoms with Crippen LogP contribution in [0.2, 0.25) is 18.1 Å². The smallest absolute Gasteiger partial charge is 0.408 e. The molecule has 4 N–H and O–H groups in total. The third kappa shape index (κ3) is 8.82. The fourth-order valence-electron chi connectivity index (χ4n) is 10.2. The second-order valence-corrected chi connectivity index (χ2v) is 26.2. The number of esters is 3. The van der Waals surface area contributed by atoms with Gasteiger partial charge < -0.3 is 48.7 Å². The Balaban J connectivity index is 1.55. The van der Waals surface area contributed by atoms with Gasteiger partial charge in [-0.25, -0.2) is 14.4 Å². The number of rotatable bonds is 10. The van der Waals surface area contributed by atoms with Crippen LogP contribution in [0.3, 0.4) is 0 Å². The molecule has 3 fully saturated rings. The van der Waals surface area contributed by atoms with Crippen molar-refractivity contribution < 1.29 is 67.4 Å². The molecule has 356 valence electrons. The number of aliphatic hydroxyl groups is 3. The van der Waals surface area contributed by atoms with Crippen LogP contribution >= 0.6 is 0 Å². The molecule has 0 radical (unpaired) electrons. The molecule has 15 nitrogen and oxygen atoms in total. The fraction of sp³-hybridized carbons (Fsp3) is 0.612. The Labute approximate surface area is 382 Å². The Hall–Kier alpha value is -4.45. The topological polar surface area (TPSA) is 213 Å². The quantitative estimate of drug-likeness (QED) is 0.0893. The number of carbonyl (C=O) groups excluding carboxylic acids is 5. The van der Waals surface area contributed by atoms with E-state index >= 15 is 9.59 Å². The van der Waals surface area contributed by atoms with Crippen molar-refractivity contribution in [3.63, 3.8) is 0 Å². The summed E-state index contributed by atoms with van der Waals surface area (Å²) in [6.45, 7) is 22.1. The summed E-state index contributed by atoms with van der Waals surface area (Å²) in [6, 6.07) is 15.6. The maximum absolute atomic E-state index is 15.2. The molecule has 1 aliphatic heterocycles. The third-order valence-electron chi connectivity index (χ3n) is 14.8. The fourth-order valence-corrected chi connectivity index (χ4v) is 11.4. The van der Waals surface area contributed by atoms with Crippen molar-refractivity contribution in [3.8, 4) is 0 Å². The van der Waals surface area contributed by atoms with E-state index in [1.54, 1.807) is 90.1 Å². The van der Waals surface area contributed by atoms with E-state index < -0.39 is 126 Å². The highest BCUT2D eigenvalue weighted by Gasteiger charge is 2.78. The highest BCUT2D eigenvalue weighted by molar-refractivity contribution is 6.74. The zero-order chi connectivity index (χ0) is 48.5. The van der Waals surface area contributed by atoms with Crippen LogP contribution in [0.1, 0.15) is 111 Å². The summed E-state index contributed by atoms with van der Waals surface area (Å²) in [7, 11) is -2.90. The van der Waals surface area contributed by atoms with Crippen LogP contribution in [-0.2, 0) is 42.5 Å². The Morgan fingerprint density at radius 1 is 0.908 bits per heavy atom. The molecule has 0 spiro atoms. The van der Waals surface area contributed by atoms with Crippen LogP contribution in [-0.4, -0.2) is 113 Å². The number of ketones is 1. The molecule has 2 aromatic rings. The van der Waals surface area contributed by atoms with E-state index in [1.165, 1.54) is 26.0 Å². The first-order chi connectivity index (χ1) is 29.9. The maximum Gasteiger partial charge on any atom is 0.408 e. The van der Waals surface area contributed by atoms with Gasteiger partial charge in [-0.15, -0.1) is 0 Å². The van der Waals surface area contributed by atoms with E-state index in [2.05, 4.69) is 5.32 Å². The first-order valence-corrected chi connectivity index (χ1v) is 25.2. The van der Waals surface area contributed by atoms with Gasteiger partial charge >= 0.3 is 24.0 Å². The highest BCUT2D eigenvalue weighted by atomic mass is 28.4. The Kier molecular flexibility index (Phi) is 13.3. The molecule has 6 rings (SSSR count). The minimum Gasteiger partial charge on any atom is -0.456 e. The van der Waals surface area contributed by atoms with E-state index in [-0.39, 0.29) is 29.7 Å². The molecule has 2 bridgehead atoms. The number of aliphatic hydroxyl groups excluding tert-OH is 2. The van der Waals surface area contributed by atoms with E-state index in [0.717, 1.165) is 0 Å². The highest BCUT2D eigenvalue weighted by Crippen LogP contribution is 2.64. The monoisotopic (exact) mass is 921 g/mol. The summed E-state index contributed by atoms with van der Waals surface area (Å²) in [6.07, 6.45) is -10.7. The largest absolute Gasteiger partial charge is 0.456 e. The van der Waals surface area contributed by atoms with Crippen molar-refractivity contribution in [1.82, 2.24) is 5.32 Å². The number of fused-ring (bicyclic) bond motifs is 5. The molecule has 4 aliphatic rings. The summed E-state index contributed by atoms with van der Waals surface area (Å²) in [5.41, 5.74) is -7.76. The van der Waals surface area contributed by atoms with Crippen LogP contribution in [0.25, 0.3) is 0 Å². The van der Waals surface area contributed by atoms with Gasteiger partial charge in [-0.1, -0.05) is 83.1 Å². The molecular formula is C49H67NO14Si. The first kappa shape index (κ1) is 50.0. The number of nitrogens with one attached hydrogen (secondary N) is 1. The molecule has 0 aromatic heterocycles. The third-order valence-corrected chi connectivity index (χ3v) is 19.2. The van der Waals surface area contributed by atoms with Crippen molar-refractivity contribution in [2.45, 2.75) is 167 Å². The zero-order valence-corrected chi connectivity index (χ0v) is 40.8. The average molecular weight is 922 g/mol. The molecule has 1 heterocycles. The maximum atomic E-state index is 15.2. The van der Waals surface area contributed by atoms with Crippen LogP contribution in [0.5, 0.6) is 0 Å². The van der Waals surface area contributed by atoms with Crippen LogP contribution < -0.4 is 5.32 Å². The van der Waals surface area contributed by atoms with Gasteiger partial charge in [0.05, 0.1) is 35.6 Å². The minimum atomic E-state index is -2.90. The SMILES string of the molecule is CC(=O)O[C@@]12CO[C@@H]1C[C@H](O)[C@@]1(C)C(=O)[C@H](O)C3=C(C)[C@@H](OC(=O)[C@H](O[Si](C)(C)C(C)(C)C)C(NC(=O)OC(C)(C)C)c4ccccc4)C[C@@](O)([C@@H](OC(=O)c4ccccc4)[C@H]21)C3(C)C. The molecular weight excluding hydrogens is 855 g/mol. The van der Waals surface area contributed by atoms with Crippen LogP contribution in [0, 0.1) is 16.7 Å². The summed E-state index contributed by atoms with van der Waals surface area (Å²) in [4.78, 5) is 71.4. The van der Waals surface area contributed by atoms with E-state index in [0.29, 0.717) is 5.56 Å². The summed E-state index contributed by atoms with van der Waals surface area (Å²) >= 11 is 0. The van der Waals surface area contributed by atoms with Gasteiger partial charge in [0.1, 0.15) is 35.6 Å². The zero-order valence-electron chi connectivity index (χ0n) is 39.8. The van der Waals surface area contributed by atoms with Crippen molar-refractivity contribution in [3.05, 3.63) is 82.9 Å². The lowest BCUT2D eigenvalue weighted by Crippen LogP contribution is -2.81. The summed E-state index contributed by atoms with van der Waals surface area (Å²) in [5.74, 6) is -4.98. The molecule has 3 aliphatic carbocycles. The standard InChI is InChI=1S/C49H67NO14Si/c1-27-31(60-42(56)37(64-65(12,13)45(6,7)8)35(29-20-16-14-17-21-29)50-43(57)63-44(3,4)5)25-49(58)40(61-41(55)30-22-18-15-19-23-30)38-47(11,39(54)36(53)34(27)46(49,9)10)32(52)24-33-48(38,26-59-33)62-28(2)51/h14-23,31-33,35-38,40,52-53,58H,24-26H2,1-13H3,(H,50,57)/t31-,32-,33+,35?,36+,37+,38-,40-,47+,48-,49+/m0/s1. The van der Waals surface area contributed by atoms with Gasteiger partial charge in [0, 0.05) is 25.2 Å². The number of ether oxygens (including phenoxy) is 5. The molecule has 11 atom stereocenters. The normalized spacial score (nSPS) is 31.9. The Bertz CT molecular complexity index is 2200. The van der Waals surface area contributed by atoms with Crippen molar-refractivity contribution in [2.75, 3.05) is 6.61 Å². The lowest BCUT2D eigenvalue weighted by atomic mass is 9.44. The number of carbonyl (C=O) groups is 5. The number of alkyl carbamates (subject to hydrolysis) is 1. The molecule has 2 saturated carbocycles. The predicted molar refractivity (Wildman–Crippen MR) is 240 cm³/mol. The summed E-state index contributed by atoms with van der Waals surface area (Å²) < 4.78 is 37.5. The molecule has 1 saturated heterocycles. The molecule has 1 unspecified atom stereocenters. The Morgan fingerprint density at radius 2 is 1.49 bits per heavy atom. The molecule has 16 heteroatoms. The van der Waals surface area contributed by atoms with Crippen molar-refractivity contribution >= 4 is 38.1 Å². The van der Waals surface area contributed by atoms with Gasteiger partial charge in [-0.3, -0.25) is 9.59 Å². The number of Topliss-reactive ketones (excluding diaryl/α,β-unsaturated/α-hetero) is 1. The van der Waals surface area contributed by atoms with E-state index in [4.69, 9.17) is 28.1 Å². The van der Waals surface area contributed by atoms with E-state index in [1.807, 2.05) is 33.9 Å².